The third-order valence-corrected chi connectivity index (χ3v) is 6.97. The second kappa shape index (κ2) is 9.18. The van der Waals surface area contributed by atoms with Crippen LogP contribution in [0.2, 0.25) is 0 Å². The minimum absolute atomic E-state index is 0.0589. The maximum atomic E-state index is 13.2. The molecule has 1 unspecified atom stereocenters. The summed E-state index contributed by atoms with van der Waals surface area (Å²) in [6, 6.07) is 10.9. The van der Waals surface area contributed by atoms with E-state index in [0.29, 0.717) is 29.4 Å². The van der Waals surface area contributed by atoms with E-state index in [1.54, 1.807) is 6.26 Å². The highest BCUT2D eigenvalue weighted by Crippen LogP contribution is 2.33. The first-order valence-corrected chi connectivity index (χ1v) is 12.0. The van der Waals surface area contributed by atoms with Crippen LogP contribution in [0.4, 0.5) is 18.9 Å². The summed E-state index contributed by atoms with van der Waals surface area (Å²) in [7, 11) is -1.02. The molecule has 1 saturated heterocycles. The molecule has 1 aliphatic rings. The fourth-order valence-electron chi connectivity index (χ4n) is 4.21. The van der Waals surface area contributed by atoms with Crippen LogP contribution in [0.1, 0.15) is 21.6 Å². The van der Waals surface area contributed by atoms with Gasteiger partial charge in [0.15, 0.2) is 0 Å². The minimum Gasteiger partial charge on any atom is -0.477 e. The van der Waals surface area contributed by atoms with Gasteiger partial charge in [-0.25, -0.2) is 4.79 Å². The molecule has 0 spiro atoms. The summed E-state index contributed by atoms with van der Waals surface area (Å²) in [6.07, 6.45) is -2.52. The normalized spacial score (nSPS) is 16.3. The Labute approximate surface area is 191 Å². The molecule has 1 atom stereocenters. The molecule has 0 aliphatic carbocycles. The van der Waals surface area contributed by atoms with E-state index < -0.39 is 28.5 Å². The van der Waals surface area contributed by atoms with E-state index in [9.17, 15) is 27.3 Å². The predicted molar refractivity (Wildman–Crippen MR) is 121 cm³/mol. The third kappa shape index (κ3) is 5.06. The van der Waals surface area contributed by atoms with Crippen LogP contribution in [0.5, 0.6) is 0 Å². The molecule has 0 amide bonds. The van der Waals surface area contributed by atoms with Crippen molar-refractivity contribution in [2.75, 3.05) is 43.9 Å². The van der Waals surface area contributed by atoms with E-state index in [2.05, 4.69) is 14.8 Å². The largest absolute Gasteiger partial charge is 0.477 e. The van der Waals surface area contributed by atoms with Crippen molar-refractivity contribution in [2.24, 2.45) is 0 Å². The monoisotopic (exact) mass is 479 g/mol. The summed E-state index contributed by atoms with van der Waals surface area (Å²) >= 11 is 0. The zero-order chi connectivity index (χ0) is 23.8. The van der Waals surface area contributed by atoms with Crippen LogP contribution in [-0.2, 0) is 23.4 Å². The molecule has 2 heterocycles. The molecular formula is C23H24F3N3O3S. The second-order valence-corrected chi connectivity index (χ2v) is 9.45. The zero-order valence-electron chi connectivity index (χ0n) is 18.0. The van der Waals surface area contributed by atoms with E-state index in [1.165, 1.54) is 6.07 Å². The molecule has 10 heteroatoms. The maximum absolute atomic E-state index is 13.2. The summed E-state index contributed by atoms with van der Waals surface area (Å²) in [5.41, 5.74) is 0.981. The molecule has 1 fully saturated rings. The molecule has 1 aromatic heterocycles. The highest BCUT2D eigenvalue weighted by molar-refractivity contribution is 7.84. The molecule has 1 aliphatic heterocycles. The van der Waals surface area contributed by atoms with E-state index in [4.69, 9.17) is 0 Å². The summed E-state index contributed by atoms with van der Waals surface area (Å²) in [4.78, 5) is 19.6. The van der Waals surface area contributed by atoms with Gasteiger partial charge in [0.25, 0.3) is 0 Å². The molecule has 0 saturated carbocycles. The van der Waals surface area contributed by atoms with Crippen LogP contribution in [0, 0.1) is 0 Å². The SMILES string of the molecule is CS(=O)c1ccc(N2CCN(CCc3c(C(=O)O)[nH]c4ccc(C(F)(F)F)cc34)CC2)cc1. The van der Waals surface area contributed by atoms with Crippen molar-refractivity contribution in [3.05, 3.63) is 59.3 Å². The molecule has 0 radical (unpaired) electrons. The number of carboxylic acids is 1. The standard InChI is InChI=1S/C23H24F3N3O3S/c1-33(32)17-5-3-16(4-6-17)29-12-10-28(11-13-29)9-8-18-19-14-15(23(24,25)26)2-7-20(19)27-21(18)22(30)31/h2-7,14,27H,8-13H2,1H3,(H,30,31). The number of carbonyl (C=O) groups is 1. The van der Waals surface area contributed by atoms with Crippen molar-refractivity contribution < 1.29 is 27.3 Å². The Hall–Kier alpha value is -2.85. The van der Waals surface area contributed by atoms with Crippen LogP contribution in [0.25, 0.3) is 10.9 Å². The number of hydrogen-bond acceptors (Lipinski definition) is 4. The van der Waals surface area contributed by atoms with E-state index in [0.717, 1.165) is 48.9 Å². The number of alkyl halides is 3. The molecule has 33 heavy (non-hydrogen) atoms. The lowest BCUT2D eigenvalue weighted by atomic mass is 10.0. The average molecular weight is 480 g/mol. The Bertz CT molecular complexity index is 1180. The number of halogens is 3. The minimum atomic E-state index is -4.49. The lowest BCUT2D eigenvalue weighted by molar-refractivity contribution is -0.137. The number of hydrogen-bond donors (Lipinski definition) is 2. The highest BCUT2D eigenvalue weighted by atomic mass is 32.2. The van der Waals surface area contributed by atoms with Gasteiger partial charge in [0.05, 0.1) is 5.56 Å². The summed E-state index contributed by atoms with van der Waals surface area (Å²) in [6.45, 7) is 3.59. The Morgan fingerprint density at radius 2 is 1.76 bits per heavy atom. The first-order valence-electron chi connectivity index (χ1n) is 10.5. The smallest absolute Gasteiger partial charge is 0.416 e. The topological polar surface area (TPSA) is 76.6 Å². The van der Waals surface area contributed by atoms with Crippen LogP contribution in [0.15, 0.2) is 47.4 Å². The number of aromatic carboxylic acids is 1. The number of nitrogens with one attached hydrogen (secondary N) is 1. The number of piperazine rings is 1. The third-order valence-electron chi connectivity index (χ3n) is 6.03. The number of aromatic amines is 1. The van der Waals surface area contributed by atoms with Crippen LogP contribution >= 0.6 is 0 Å². The zero-order valence-corrected chi connectivity index (χ0v) is 18.8. The number of aromatic nitrogens is 1. The fourth-order valence-corrected chi connectivity index (χ4v) is 4.73. The molecule has 4 rings (SSSR count). The summed E-state index contributed by atoms with van der Waals surface area (Å²) < 4.78 is 51.1. The fraction of sp³-hybridized carbons (Fsp3) is 0.348. The number of anilines is 1. The highest BCUT2D eigenvalue weighted by Gasteiger charge is 2.31. The van der Waals surface area contributed by atoms with Gasteiger partial charge in [-0.2, -0.15) is 13.2 Å². The number of H-pyrrole nitrogens is 1. The van der Waals surface area contributed by atoms with Gasteiger partial charge in [-0.3, -0.25) is 9.11 Å². The molecule has 2 N–H and O–H groups in total. The van der Waals surface area contributed by atoms with Crippen LogP contribution in [-0.4, -0.2) is 64.1 Å². The number of rotatable bonds is 6. The van der Waals surface area contributed by atoms with Crippen molar-refractivity contribution in [1.82, 2.24) is 9.88 Å². The maximum Gasteiger partial charge on any atom is 0.416 e. The quantitative estimate of drug-likeness (QED) is 0.559. The van der Waals surface area contributed by atoms with Gasteiger partial charge in [0.1, 0.15) is 5.69 Å². The van der Waals surface area contributed by atoms with Gasteiger partial charge in [-0.05, 0) is 54.4 Å². The lowest BCUT2D eigenvalue weighted by Gasteiger charge is -2.36. The Morgan fingerprint density at radius 3 is 2.33 bits per heavy atom. The molecule has 3 aromatic rings. The second-order valence-electron chi connectivity index (χ2n) is 8.07. The van der Waals surface area contributed by atoms with Crippen LogP contribution < -0.4 is 4.90 Å². The summed E-state index contributed by atoms with van der Waals surface area (Å²) in [5, 5.41) is 9.85. The number of nitrogens with zero attached hydrogens (tertiary/aromatic N) is 2. The first kappa shape index (κ1) is 23.3. The van der Waals surface area contributed by atoms with Gasteiger partial charge in [-0.15, -0.1) is 0 Å². The number of carboxylic acid groups (broad SMARTS) is 1. The molecule has 2 aromatic carbocycles. The lowest BCUT2D eigenvalue weighted by Crippen LogP contribution is -2.47. The molecule has 176 valence electrons. The Balaban J connectivity index is 1.45. The van der Waals surface area contributed by atoms with Crippen molar-refractivity contribution in [3.63, 3.8) is 0 Å². The van der Waals surface area contributed by atoms with Crippen molar-refractivity contribution in [1.29, 1.82) is 0 Å². The molecule has 0 bridgehead atoms. The van der Waals surface area contributed by atoms with Crippen LogP contribution in [0.3, 0.4) is 0 Å². The van der Waals surface area contributed by atoms with E-state index >= 15 is 0 Å². The number of benzene rings is 2. The van der Waals surface area contributed by atoms with Gasteiger partial charge in [-0.1, -0.05) is 0 Å². The molecule has 6 nitrogen and oxygen atoms in total. The van der Waals surface area contributed by atoms with Crippen molar-refractivity contribution >= 4 is 33.4 Å². The average Bonchev–Trinajstić information content (AvgIpc) is 3.16. The van der Waals surface area contributed by atoms with Gasteiger partial charge in [0, 0.05) is 71.3 Å². The van der Waals surface area contributed by atoms with E-state index in [-0.39, 0.29) is 5.69 Å². The van der Waals surface area contributed by atoms with Gasteiger partial charge < -0.3 is 15.0 Å². The van der Waals surface area contributed by atoms with Crippen molar-refractivity contribution in [2.45, 2.75) is 17.5 Å². The van der Waals surface area contributed by atoms with Gasteiger partial charge >= 0.3 is 12.1 Å². The van der Waals surface area contributed by atoms with Crippen molar-refractivity contribution in [3.8, 4) is 0 Å². The first-order chi connectivity index (χ1) is 15.6. The van der Waals surface area contributed by atoms with E-state index in [1.807, 2.05) is 24.3 Å². The number of fused-ring (bicyclic) bond motifs is 1. The Kier molecular flexibility index (Phi) is 6.49. The molecular weight excluding hydrogens is 455 g/mol. The summed E-state index contributed by atoms with van der Waals surface area (Å²) in [5.74, 6) is -1.18. The predicted octanol–water partition coefficient (Wildman–Crippen LogP) is 3.99. The Morgan fingerprint density at radius 1 is 1.09 bits per heavy atom. The van der Waals surface area contributed by atoms with Gasteiger partial charge in [0.2, 0.25) is 0 Å².